The minimum Gasteiger partial charge on any atom is -0.493 e. The number of fused-ring (bicyclic) bond motifs is 1. The molecule has 13 nitrogen and oxygen atoms in total. The molecule has 0 aliphatic carbocycles. The summed E-state index contributed by atoms with van der Waals surface area (Å²) < 4.78 is 16.6. The molecule has 3 heterocycles. The Morgan fingerprint density at radius 1 is 1.00 bits per heavy atom. The summed E-state index contributed by atoms with van der Waals surface area (Å²) in [4.78, 5) is 55.7. The van der Waals surface area contributed by atoms with Crippen molar-refractivity contribution in [1.29, 1.82) is 0 Å². The first-order chi connectivity index (χ1) is 20.9. The van der Waals surface area contributed by atoms with Crippen LogP contribution in [0.4, 0.5) is 4.79 Å². The Morgan fingerprint density at radius 3 is 2.23 bits per heavy atom. The molecule has 4 rings (SSSR count). The molecule has 0 bridgehead atoms. The lowest BCUT2D eigenvalue weighted by atomic mass is 10.1. The Hall–Kier alpha value is -3.91. The summed E-state index contributed by atoms with van der Waals surface area (Å²) in [5, 5.41) is 18.7. The number of hydrogen-bond acceptors (Lipinski definition) is 7. The fraction of sp³-hybridized carbons (Fsp3) is 0.567. The number of aliphatic carboxylic acids is 1. The third-order valence-electron chi connectivity index (χ3n) is 7.74. The van der Waals surface area contributed by atoms with Crippen LogP contribution in [0.25, 0.3) is 22.6 Å². The second-order valence-electron chi connectivity index (χ2n) is 12.5. The SMILES string of the molecule is CCCn1c(=O)c2c(nc(-c3ccc(OCC4CC(C(=O)O)N(C(=O)O)C4)cc3)n2COCC[Si](C)(C)C)n(CCC)c1=O. The van der Waals surface area contributed by atoms with Crippen LogP contribution in [0.2, 0.25) is 25.7 Å². The van der Waals surface area contributed by atoms with Crippen molar-refractivity contribution >= 4 is 31.3 Å². The average molecular weight is 630 g/mol. The van der Waals surface area contributed by atoms with Crippen molar-refractivity contribution in [1.82, 2.24) is 23.6 Å². The molecule has 1 aliphatic rings. The Bertz CT molecular complexity index is 1580. The number of aryl methyl sites for hydroxylation is 1. The average Bonchev–Trinajstić information content (AvgIpc) is 3.57. The number of rotatable bonds is 14. The quantitative estimate of drug-likeness (QED) is 0.199. The maximum atomic E-state index is 13.7. The normalized spacial score (nSPS) is 17.0. The van der Waals surface area contributed by atoms with Crippen LogP contribution in [0.15, 0.2) is 33.9 Å². The molecule has 1 amide bonds. The van der Waals surface area contributed by atoms with Gasteiger partial charge in [-0.3, -0.25) is 23.4 Å². The standard InChI is InChI=1S/C30H43N5O8Si/c1-6-12-32-26-24(27(36)33(13-7-2)29(32)39)35(19-42-14-15-44(3,4)5)25(31-26)21-8-10-22(11-9-21)43-18-20-16-23(28(37)38)34(17-20)30(40)41/h8-11,20,23H,6-7,12-19H2,1-5H3,(H,37,38)(H,40,41). The lowest BCUT2D eigenvalue weighted by molar-refractivity contribution is -0.141. The van der Waals surface area contributed by atoms with E-state index < -0.39 is 31.7 Å². The predicted molar refractivity (Wildman–Crippen MR) is 168 cm³/mol. The van der Waals surface area contributed by atoms with Crippen molar-refractivity contribution < 1.29 is 29.3 Å². The fourth-order valence-electron chi connectivity index (χ4n) is 5.42. The molecule has 1 aromatic carbocycles. The maximum Gasteiger partial charge on any atom is 0.408 e. The van der Waals surface area contributed by atoms with E-state index in [1.54, 1.807) is 33.4 Å². The fourth-order valence-corrected chi connectivity index (χ4v) is 6.18. The van der Waals surface area contributed by atoms with Crippen molar-refractivity contribution in [3.05, 3.63) is 45.1 Å². The predicted octanol–water partition coefficient (Wildman–Crippen LogP) is 3.99. The van der Waals surface area contributed by atoms with Gasteiger partial charge in [0.2, 0.25) is 0 Å². The van der Waals surface area contributed by atoms with Crippen molar-refractivity contribution in [2.24, 2.45) is 5.92 Å². The summed E-state index contributed by atoms with van der Waals surface area (Å²) in [7, 11) is -1.35. The molecule has 1 saturated heterocycles. The van der Waals surface area contributed by atoms with Crippen LogP contribution in [-0.2, 0) is 29.4 Å². The van der Waals surface area contributed by atoms with Crippen molar-refractivity contribution in [3.63, 3.8) is 0 Å². The van der Waals surface area contributed by atoms with Crippen molar-refractivity contribution in [3.8, 4) is 17.1 Å². The monoisotopic (exact) mass is 629 g/mol. The number of benzene rings is 1. The van der Waals surface area contributed by atoms with E-state index in [2.05, 4.69) is 19.6 Å². The Kier molecular flexibility index (Phi) is 10.4. The van der Waals surface area contributed by atoms with E-state index in [0.717, 1.165) is 10.9 Å². The number of carbonyl (C=O) groups is 2. The van der Waals surface area contributed by atoms with Crippen molar-refractivity contribution in [2.45, 2.75) is 84.7 Å². The molecule has 2 atom stereocenters. The van der Waals surface area contributed by atoms with Gasteiger partial charge in [0.05, 0.1) is 6.61 Å². The second-order valence-corrected chi connectivity index (χ2v) is 18.1. The number of amides is 1. The van der Waals surface area contributed by atoms with Crippen LogP contribution in [0.1, 0.15) is 33.1 Å². The molecule has 2 N–H and O–H groups in total. The largest absolute Gasteiger partial charge is 0.493 e. The van der Waals surface area contributed by atoms with Gasteiger partial charge in [-0.2, -0.15) is 0 Å². The summed E-state index contributed by atoms with van der Waals surface area (Å²) in [5.74, 6) is -0.411. The van der Waals surface area contributed by atoms with Gasteiger partial charge in [0.15, 0.2) is 11.2 Å². The minimum atomic E-state index is -1.35. The number of imidazole rings is 1. The van der Waals surface area contributed by atoms with Crippen LogP contribution in [0.5, 0.6) is 5.75 Å². The number of carboxylic acid groups (broad SMARTS) is 2. The first-order valence-electron chi connectivity index (χ1n) is 15.1. The molecular weight excluding hydrogens is 586 g/mol. The molecule has 3 aromatic rings. The molecule has 1 fully saturated rings. The first-order valence-corrected chi connectivity index (χ1v) is 18.8. The molecule has 14 heteroatoms. The minimum absolute atomic E-state index is 0.0845. The smallest absolute Gasteiger partial charge is 0.408 e. The van der Waals surface area contributed by atoms with E-state index in [4.69, 9.17) is 14.5 Å². The highest BCUT2D eigenvalue weighted by atomic mass is 28.3. The van der Waals surface area contributed by atoms with E-state index >= 15 is 0 Å². The van der Waals surface area contributed by atoms with Crippen molar-refractivity contribution in [2.75, 3.05) is 19.8 Å². The summed E-state index contributed by atoms with van der Waals surface area (Å²) >= 11 is 0. The Morgan fingerprint density at radius 2 is 1.66 bits per heavy atom. The first kappa shape index (κ1) is 33.0. The van der Waals surface area contributed by atoms with E-state index in [1.165, 1.54) is 4.57 Å². The number of aromatic nitrogens is 4. The number of ether oxygens (including phenoxy) is 2. The zero-order valence-electron chi connectivity index (χ0n) is 26.1. The molecule has 0 radical (unpaired) electrons. The van der Waals surface area contributed by atoms with Gasteiger partial charge in [0.1, 0.15) is 24.3 Å². The number of carboxylic acids is 1. The topological polar surface area (TPSA) is 158 Å². The van der Waals surface area contributed by atoms with Gasteiger partial charge in [-0.1, -0.05) is 33.5 Å². The van der Waals surface area contributed by atoms with Crippen LogP contribution in [-0.4, -0.2) is 79.7 Å². The molecule has 2 aromatic heterocycles. The van der Waals surface area contributed by atoms with Crippen LogP contribution < -0.4 is 16.0 Å². The number of hydrogen-bond donors (Lipinski definition) is 2. The summed E-state index contributed by atoms with van der Waals surface area (Å²) in [6.07, 6.45) is 0.242. The third kappa shape index (κ3) is 7.24. The molecule has 1 aliphatic heterocycles. The number of nitrogens with zero attached hydrogens (tertiary/aromatic N) is 5. The van der Waals surface area contributed by atoms with Gasteiger partial charge < -0.3 is 19.7 Å². The summed E-state index contributed by atoms with van der Waals surface area (Å²) in [6, 6.07) is 6.98. The second kappa shape index (κ2) is 13.8. The summed E-state index contributed by atoms with van der Waals surface area (Å²) in [6.45, 7) is 12.3. The molecule has 2 unspecified atom stereocenters. The van der Waals surface area contributed by atoms with E-state index in [-0.39, 0.29) is 37.9 Å². The number of likely N-dealkylation sites (tertiary alicyclic amines) is 1. The third-order valence-corrected chi connectivity index (χ3v) is 9.45. The van der Waals surface area contributed by atoms with Gasteiger partial charge in [-0.15, -0.1) is 0 Å². The van der Waals surface area contributed by atoms with E-state index in [9.17, 15) is 29.4 Å². The highest BCUT2D eigenvalue weighted by Crippen LogP contribution is 2.28. The van der Waals surface area contributed by atoms with Crippen LogP contribution >= 0.6 is 0 Å². The van der Waals surface area contributed by atoms with Gasteiger partial charge in [-0.25, -0.2) is 19.4 Å². The Labute approximate surface area is 256 Å². The van der Waals surface area contributed by atoms with E-state index in [0.29, 0.717) is 60.8 Å². The highest BCUT2D eigenvalue weighted by Gasteiger charge is 2.40. The van der Waals surface area contributed by atoms with Gasteiger partial charge in [0.25, 0.3) is 5.56 Å². The molecule has 0 spiro atoms. The molecule has 240 valence electrons. The van der Waals surface area contributed by atoms with Crippen LogP contribution in [0.3, 0.4) is 0 Å². The zero-order valence-corrected chi connectivity index (χ0v) is 27.1. The highest BCUT2D eigenvalue weighted by molar-refractivity contribution is 6.76. The maximum absolute atomic E-state index is 13.7. The molecule has 44 heavy (non-hydrogen) atoms. The zero-order chi connectivity index (χ0) is 32.2. The molecular formula is C30H43N5O8Si. The lowest BCUT2D eigenvalue weighted by Gasteiger charge is -2.17. The van der Waals surface area contributed by atoms with Crippen LogP contribution in [0, 0.1) is 5.92 Å². The summed E-state index contributed by atoms with van der Waals surface area (Å²) in [5.41, 5.74) is 0.591. The molecule has 0 saturated carbocycles. The van der Waals surface area contributed by atoms with Gasteiger partial charge in [0, 0.05) is 45.8 Å². The van der Waals surface area contributed by atoms with Gasteiger partial charge in [-0.05, 0) is 49.6 Å². The Balaban J connectivity index is 1.66. The lowest BCUT2D eigenvalue weighted by Crippen LogP contribution is -2.40. The van der Waals surface area contributed by atoms with Gasteiger partial charge >= 0.3 is 17.8 Å². The van der Waals surface area contributed by atoms with E-state index in [1.807, 2.05) is 13.8 Å².